The minimum Gasteiger partial charge on any atom is -0.272 e. The minimum absolute atomic E-state index is 0.116. The average molecular weight is 439 g/mol. The Morgan fingerprint density at radius 1 is 0.758 bits per heavy atom. The second-order valence-corrected chi connectivity index (χ2v) is 8.52. The quantitative estimate of drug-likeness (QED) is 0.383. The van der Waals surface area contributed by atoms with Crippen molar-refractivity contribution in [2.75, 3.05) is 0 Å². The van der Waals surface area contributed by atoms with Gasteiger partial charge in [0.05, 0.1) is 16.8 Å². The van der Waals surface area contributed by atoms with Crippen molar-refractivity contribution < 1.29 is 19.3 Å². The van der Waals surface area contributed by atoms with E-state index in [1.165, 1.54) is 24.3 Å². The van der Waals surface area contributed by atoms with Gasteiger partial charge >= 0.3 is 0 Å². The lowest BCUT2D eigenvalue weighted by Gasteiger charge is -2.45. The Morgan fingerprint density at radius 3 is 1.58 bits per heavy atom. The minimum atomic E-state index is -0.673. The van der Waals surface area contributed by atoms with E-state index >= 15 is 0 Å². The van der Waals surface area contributed by atoms with Crippen LogP contribution in [0.25, 0.3) is 0 Å². The molecular weight excluding hydrogens is 422 g/mol. The maximum Gasteiger partial charge on any atom is 0.270 e. The number of hydrogen-bond donors (Lipinski definition) is 1. The first-order valence-corrected chi connectivity index (χ1v) is 10.6. The molecule has 162 valence electrons. The number of hydrogen-bond acceptors (Lipinski definition) is 5. The molecular formula is C25H17N3O5. The zero-order valence-corrected chi connectivity index (χ0v) is 17.2. The third-order valence-electron chi connectivity index (χ3n) is 7.00. The first-order chi connectivity index (χ1) is 16.0. The molecule has 4 aliphatic rings. The van der Waals surface area contributed by atoms with Gasteiger partial charge in [0.25, 0.3) is 23.4 Å². The lowest BCUT2D eigenvalue weighted by Crippen LogP contribution is -2.46. The number of rotatable bonds is 3. The summed E-state index contributed by atoms with van der Waals surface area (Å²) in [6, 6.07) is 20.8. The van der Waals surface area contributed by atoms with Gasteiger partial charge in [-0.3, -0.25) is 29.9 Å². The highest BCUT2D eigenvalue weighted by atomic mass is 16.6. The molecule has 0 saturated carbocycles. The van der Waals surface area contributed by atoms with Crippen molar-refractivity contribution in [3.8, 4) is 0 Å². The highest BCUT2D eigenvalue weighted by Gasteiger charge is 2.62. The van der Waals surface area contributed by atoms with Crippen molar-refractivity contribution in [2.45, 2.75) is 11.8 Å². The van der Waals surface area contributed by atoms with E-state index in [1.54, 1.807) is 0 Å². The van der Waals surface area contributed by atoms with E-state index in [2.05, 4.69) is 5.43 Å². The molecule has 2 atom stereocenters. The van der Waals surface area contributed by atoms with Crippen molar-refractivity contribution in [3.63, 3.8) is 0 Å². The molecule has 3 aliphatic carbocycles. The van der Waals surface area contributed by atoms with E-state index in [0.717, 1.165) is 27.3 Å². The van der Waals surface area contributed by atoms with Crippen LogP contribution >= 0.6 is 0 Å². The van der Waals surface area contributed by atoms with Crippen LogP contribution in [0.2, 0.25) is 0 Å². The molecule has 33 heavy (non-hydrogen) atoms. The zero-order chi connectivity index (χ0) is 22.9. The summed E-state index contributed by atoms with van der Waals surface area (Å²) < 4.78 is 0. The van der Waals surface area contributed by atoms with Gasteiger partial charge in [-0.15, -0.1) is 0 Å². The molecule has 0 aromatic heterocycles. The lowest BCUT2D eigenvalue weighted by atomic mass is 9.55. The fraction of sp³-hybridized carbons (Fsp3) is 0.160. The standard InChI is InChI=1S/C25H17N3O5/c29-23(13-9-11-14(12-10-13)28(32)33)26-27-24(30)21-19-15-5-1-2-6-16(15)20(22(21)25(27)31)18-8-4-3-7-17(18)19/h1-12,19-22H,(H,26,29)/t19?,20?,21-,22+. The molecule has 3 amide bonds. The average Bonchev–Trinajstić information content (AvgIpc) is 3.09. The van der Waals surface area contributed by atoms with E-state index in [1.807, 2.05) is 48.5 Å². The second kappa shape index (κ2) is 6.83. The Hall–Kier alpha value is -4.33. The van der Waals surface area contributed by atoms with Crippen molar-refractivity contribution in [3.05, 3.63) is 111 Å². The molecule has 0 unspecified atom stereocenters. The van der Waals surface area contributed by atoms with Crippen LogP contribution in [-0.2, 0) is 9.59 Å². The van der Waals surface area contributed by atoms with Crippen LogP contribution in [0, 0.1) is 22.0 Å². The number of nitrogens with one attached hydrogen (secondary N) is 1. The molecule has 7 rings (SSSR count). The molecule has 2 bridgehead atoms. The molecule has 3 aromatic rings. The molecule has 1 aliphatic heterocycles. The summed E-state index contributed by atoms with van der Waals surface area (Å²) >= 11 is 0. The monoisotopic (exact) mass is 439 g/mol. The SMILES string of the molecule is O=C(NN1C(=O)[C@@H]2C3c4ccccc4C(c4ccccc43)[C@@H]2C1=O)c1ccc([N+](=O)[O-])cc1. The molecule has 1 N–H and O–H groups in total. The number of carbonyl (C=O) groups excluding carboxylic acids is 3. The van der Waals surface area contributed by atoms with Crippen LogP contribution in [0.3, 0.4) is 0 Å². The molecule has 3 aromatic carbocycles. The number of nitrogens with zero attached hydrogens (tertiary/aromatic N) is 2. The maximum absolute atomic E-state index is 13.5. The van der Waals surface area contributed by atoms with Gasteiger partial charge < -0.3 is 0 Å². The fourth-order valence-electron chi connectivity index (χ4n) is 5.69. The van der Waals surface area contributed by atoms with E-state index in [4.69, 9.17) is 0 Å². The summed E-state index contributed by atoms with van der Waals surface area (Å²) in [5.41, 5.74) is 6.60. The van der Waals surface area contributed by atoms with Crippen LogP contribution in [0.5, 0.6) is 0 Å². The van der Waals surface area contributed by atoms with E-state index in [9.17, 15) is 24.5 Å². The van der Waals surface area contributed by atoms with E-state index < -0.39 is 34.5 Å². The summed E-state index contributed by atoms with van der Waals surface area (Å²) in [5, 5.41) is 11.7. The number of hydrazine groups is 1. The number of imide groups is 1. The van der Waals surface area contributed by atoms with E-state index in [0.29, 0.717) is 0 Å². The Morgan fingerprint density at radius 2 is 1.18 bits per heavy atom. The lowest BCUT2D eigenvalue weighted by molar-refractivity contribution is -0.384. The predicted octanol–water partition coefficient (Wildman–Crippen LogP) is 3.13. The fourth-order valence-corrected chi connectivity index (χ4v) is 5.69. The van der Waals surface area contributed by atoms with Crippen LogP contribution in [-0.4, -0.2) is 27.7 Å². The maximum atomic E-state index is 13.5. The van der Waals surface area contributed by atoms with Gasteiger partial charge in [0.1, 0.15) is 0 Å². The largest absolute Gasteiger partial charge is 0.272 e. The Labute approximate surface area is 188 Å². The number of non-ortho nitro benzene ring substituents is 1. The van der Waals surface area contributed by atoms with Crippen LogP contribution < -0.4 is 5.43 Å². The van der Waals surface area contributed by atoms with Crippen molar-refractivity contribution in [1.82, 2.24) is 10.4 Å². The summed E-state index contributed by atoms with van der Waals surface area (Å²) in [6.45, 7) is 0. The van der Waals surface area contributed by atoms with Gasteiger partial charge in [-0.1, -0.05) is 48.5 Å². The zero-order valence-electron chi connectivity index (χ0n) is 17.2. The number of benzene rings is 3. The molecule has 8 nitrogen and oxygen atoms in total. The van der Waals surface area contributed by atoms with Crippen LogP contribution in [0.4, 0.5) is 5.69 Å². The van der Waals surface area contributed by atoms with Crippen molar-refractivity contribution in [2.24, 2.45) is 11.8 Å². The van der Waals surface area contributed by atoms with Gasteiger partial charge in [-0.25, -0.2) is 0 Å². The third kappa shape index (κ3) is 2.60. The highest BCUT2D eigenvalue weighted by molar-refractivity contribution is 6.09. The van der Waals surface area contributed by atoms with Gasteiger partial charge in [0, 0.05) is 29.5 Å². The summed E-state index contributed by atoms with van der Waals surface area (Å²) in [6.07, 6.45) is 0. The molecule has 1 fully saturated rings. The number of nitro groups is 1. The van der Waals surface area contributed by atoms with Gasteiger partial charge in [0.15, 0.2) is 0 Å². The number of carbonyl (C=O) groups is 3. The molecule has 0 spiro atoms. The topological polar surface area (TPSA) is 110 Å². The van der Waals surface area contributed by atoms with E-state index in [-0.39, 0.29) is 23.1 Å². The summed E-state index contributed by atoms with van der Waals surface area (Å²) in [7, 11) is 0. The van der Waals surface area contributed by atoms with Gasteiger partial charge in [-0.2, -0.15) is 5.01 Å². The van der Waals surface area contributed by atoms with Gasteiger partial charge in [-0.05, 0) is 34.4 Å². The van der Waals surface area contributed by atoms with Crippen molar-refractivity contribution >= 4 is 23.4 Å². The van der Waals surface area contributed by atoms with Crippen molar-refractivity contribution in [1.29, 1.82) is 0 Å². The normalized spacial score (nSPS) is 24.2. The number of amides is 3. The van der Waals surface area contributed by atoms with Crippen LogP contribution in [0.15, 0.2) is 72.8 Å². The third-order valence-corrected chi connectivity index (χ3v) is 7.00. The molecule has 8 heteroatoms. The Kier molecular flexibility index (Phi) is 4.01. The summed E-state index contributed by atoms with van der Waals surface area (Å²) in [4.78, 5) is 50.0. The first-order valence-electron chi connectivity index (χ1n) is 10.6. The predicted molar refractivity (Wildman–Crippen MR) is 116 cm³/mol. The van der Waals surface area contributed by atoms with Gasteiger partial charge in [0.2, 0.25) is 0 Å². The number of nitro benzene ring substituents is 1. The molecule has 1 saturated heterocycles. The molecule has 0 radical (unpaired) electrons. The first kappa shape index (κ1) is 19.4. The molecule has 1 heterocycles. The Bertz CT molecular complexity index is 1250. The Balaban J connectivity index is 1.36. The smallest absolute Gasteiger partial charge is 0.270 e. The van der Waals surface area contributed by atoms with Crippen LogP contribution in [0.1, 0.15) is 44.4 Å². The summed E-state index contributed by atoms with van der Waals surface area (Å²) in [5.74, 6) is -3.24. The second-order valence-electron chi connectivity index (χ2n) is 8.52. The highest BCUT2D eigenvalue weighted by Crippen LogP contribution is 2.60.